The maximum atomic E-state index is 12.6. The number of phosphoric ester groups is 1. The molecule has 2 atom stereocenters. The molecular formula is C40H80NO8P. The van der Waals surface area contributed by atoms with E-state index < -0.39 is 26.5 Å². The third-order valence-electron chi connectivity index (χ3n) is 9.13. The molecule has 0 rings (SSSR count). The monoisotopic (exact) mass is 734 g/mol. The van der Waals surface area contributed by atoms with E-state index >= 15 is 0 Å². The van der Waals surface area contributed by atoms with Crippen molar-refractivity contribution in [2.75, 3.05) is 47.5 Å². The van der Waals surface area contributed by atoms with Crippen LogP contribution in [0.15, 0.2) is 0 Å². The highest BCUT2D eigenvalue weighted by molar-refractivity contribution is 7.45. The van der Waals surface area contributed by atoms with Gasteiger partial charge in [0.15, 0.2) is 6.10 Å². The number of ether oxygens (including phenoxy) is 2. The molecule has 0 saturated heterocycles. The first kappa shape index (κ1) is 49.0. The third kappa shape index (κ3) is 36.8. The van der Waals surface area contributed by atoms with Gasteiger partial charge in [0, 0.05) is 12.8 Å². The lowest BCUT2D eigenvalue weighted by molar-refractivity contribution is -0.870. The standard InChI is InChI=1S/C40H80NO8P/c1-6-8-10-12-14-16-18-19-20-21-22-23-25-27-29-31-33-40(43)49-38(37-48-50(44,45)47-35-34-41(3,4)5)36-46-39(42)32-30-28-26-24-17-15-13-11-9-7-2/h38H,6-37H2,1-5H3. The minimum absolute atomic E-state index is 0.0260. The zero-order valence-corrected chi connectivity index (χ0v) is 34.3. The topological polar surface area (TPSA) is 111 Å². The predicted octanol–water partition coefficient (Wildman–Crippen LogP) is 10.6. The number of hydrogen-bond acceptors (Lipinski definition) is 8. The molecular weight excluding hydrogens is 653 g/mol. The molecule has 0 aliphatic carbocycles. The van der Waals surface area contributed by atoms with Gasteiger partial charge in [-0.15, -0.1) is 0 Å². The molecule has 298 valence electrons. The summed E-state index contributed by atoms with van der Waals surface area (Å²) in [4.78, 5) is 37.3. The van der Waals surface area contributed by atoms with E-state index in [2.05, 4.69) is 13.8 Å². The summed E-state index contributed by atoms with van der Waals surface area (Å²) in [5.41, 5.74) is 0. The van der Waals surface area contributed by atoms with Crippen molar-refractivity contribution in [3.05, 3.63) is 0 Å². The molecule has 0 bridgehead atoms. The Bertz CT molecular complexity index is 835. The molecule has 0 aliphatic rings. The molecule has 0 aliphatic heterocycles. The van der Waals surface area contributed by atoms with Crippen LogP contribution in [0.3, 0.4) is 0 Å². The molecule has 0 heterocycles. The van der Waals surface area contributed by atoms with Gasteiger partial charge in [0.1, 0.15) is 19.8 Å². The first-order valence-corrected chi connectivity index (χ1v) is 22.2. The second-order valence-corrected chi connectivity index (χ2v) is 16.8. The highest BCUT2D eigenvalue weighted by Crippen LogP contribution is 2.38. The largest absolute Gasteiger partial charge is 0.756 e. The van der Waals surface area contributed by atoms with Gasteiger partial charge in [0.25, 0.3) is 7.82 Å². The zero-order valence-electron chi connectivity index (χ0n) is 33.4. The fraction of sp³-hybridized carbons (Fsp3) is 0.950. The van der Waals surface area contributed by atoms with Crippen LogP contribution in [0.25, 0.3) is 0 Å². The van der Waals surface area contributed by atoms with Gasteiger partial charge in [0.2, 0.25) is 0 Å². The van der Waals surface area contributed by atoms with Crippen molar-refractivity contribution in [3.63, 3.8) is 0 Å². The maximum absolute atomic E-state index is 12.6. The van der Waals surface area contributed by atoms with Gasteiger partial charge in [-0.05, 0) is 12.8 Å². The SMILES string of the molecule is CCCCCCCCCCCCCCCCCCC(=O)OC(COC(=O)CCCCCCCCCCCC)COP(=O)([O-])OCC[N+](C)(C)C. The molecule has 9 nitrogen and oxygen atoms in total. The number of likely N-dealkylation sites (N-methyl/N-ethyl adjacent to an activating group) is 1. The van der Waals surface area contributed by atoms with Gasteiger partial charge >= 0.3 is 11.9 Å². The summed E-state index contributed by atoms with van der Waals surface area (Å²) in [6.07, 6.45) is 31.2. The van der Waals surface area contributed by atoms with Crippen LogP contribution in [-0.4, -0.2) is 70.0 Å². The first-order valence-electron chi connectivity index (χ1n) is 20.7. The second-order valence-electron chi connectivity index (χ2n) is 15.4. The highest BCUT2D eigenvalue weighted by Gasteiger charge is 2.21. The minimum Gasteiger partial charge on any atom is -0.756 e. The van der Waals surface area contributed by atoms with E-state index in [-0.39, 0.29) is 32.0 Å². The lowest BCUT2D eigenvalue weighted by Gasteiger charge is -2.28. The molecule has 0 aromatic heterocycles. The molecule has 0 radical (unpaired) electrons. The number of carbonyl (C=O) groups is 2. The Kier molecular flexibility index (Phi) is 33.2. The van der Waals surface area contributed by atoms with Crippen LogP contribution in [-0.2, 0) is 32.7 Å². The smallest absolute Gasteiger partial charge is 0.306 e. The van der Waals surface area contributed by atoms with Crippen LogP contribution in [0.2, 0.25) is 0 Å². The molecule has 0 saturated carbocycles. The van der Waals surface area contributed by atoms with E-state index in [9.17, 15) is 19.0 Å². The summed E-state index contributed by atoms with van der Waals surface area (Å²) in [6, 6.07) is 0. The van der Waals surface area contributed by atoms with Crippen LogP contribution in [0.1, 0.15) is 194 Å². The van der Waals surface area contributed by atoms with Crippen molar-refractivity contribution in [2.24, 2.45) is 0 Å². The van der Waals surface area contributed by atoms with Gasteiger partial charge in [-0.25, -0.2) is 0 Å². The quantitative estimate of drug-likeness (QED) is 0.0267. The van der Waals surface area contributed by atoms with Crippen molar-refractivity contribution in [2.45, 2.75) is 200 Å². The number of nitrogens with zero attached hydrogens (tertiary/aromatic N) is 1. The van der Waals surface area contributed by atoms with E-state index in [1.807, 2.05) is 21.1 Å². The molecule has 0 spiro atoms. The molecule has 0 fully saturated rings. The molecule has 0 amide bonds. The Morgan fingerprint density at radius 2 is 0.900 bits per heavy atom. The minimum atomic E-state index is -4.61. The third-order valence-corrected chi connectivity index (χ3v) is 10.1. The normalized spacial score (nSPS) is 13.6. The Morgan fingerprint density at radius 3 is 1.28 bits per heavy atom. The van der Waals surface area contributed by atoms with Crippen molar-refractivity contribution in [1.29, 1.82) is 0 Å². The molecule has 10 heteroatoms. The average Bonchev–Trinajstić information content (AvgIpc) is 3.06. The Morgan fingerprint density at radius 1 is 0.540 bits per heavy atom. The van der Waals surface area contributed by atoms with Crippen LogP contribution in [0, 0.1) is 0 Å². The van der Waals surface area contributed by atoms with Crippen molar-refractivity contribution in [3.8, 4) is 0 Å². The molecule has 50 heavy (non-hydrogen) atoms. The lowest BCUT2D eigenvalue weighted by Crippen LogP contribution is -2.37. The number of phosphoric acid groups is 1. The molecule has 0 aromatic carbocycles. The Labute approximate surface area is 308 Å². The number of hydrogen-bond donors (Lipinski definition) is 0. The molecule has 2 unspecified atom stereocenters. The summed E-state index contributed by atoms with van der Waals surface area (Å²) < 4.78 is 33.8. The number of unbranched alkanes of at least 4 members (excludes halogenated alkanes) is 24. The highest BCUT2D eigenvalue weighted by atomic mass is 31.2. The summed E-state index contributed by atoms with van der Waals surface area (Å²) in [6.45, 7) is 4.23. The number of esters is 2. The molecule has 0 N–H and O–H groups in total. The van der Waals surface area contributed by atoms with Crippen LogP contribution in [0.4, 0.5) is 0 Å². The zero-order chi connectivity index (χ0) is 37.2. The van der Waals surface area contributed by atoms with E-state index in [0.717, 1.165) is 32.1 Å². The maximum Gasteiger partial charge on any atom is 0.306 e. The fourth-order valence-electron chi connectivity index (χ4n) is 5.83. The van der Waals surface area contributed by atoms with Crippen LogP contribution < -0.4 is 4.89 Å². The van der Waals surface area contributed by atoms with Crippen molar-refractivity contribution < 1.29 is 42.1 Å². The first-order chi connectivity index (χ1) is 24.0. The van der Waals surface area contributed by atoms with E-state index in [1.54, 1.807) is 0 Å². The fourth-order valence-corrected chi connectivity index (χ4v) is 6.56. The van der Waals surface area contributed by atoms with E-state index in [4.69, 9.17) is 18.5 Å². The van der Waals surface area contributed by atoms with Crippen molar-refractivity contribution in [1.82, 2.24) is 0 Å². The van der Waals surface area contributed by atoms with E-state index in [0.29, 0.717) is 17.4 Å². The summed E-state index contributed by atoms with van der Waals surface area (Å²) in [5, 5.41) is 0. The average molecular weight is 734 g/mol. The summed E-state index contributed by atoms with van der Waals surface area (Å²) in [5.74, 6) is -0.825. The van der Waals surface area contributed by atoms with Crippen molar-refractivity contribution >= 4 is 19.8 Å². The molecule has 0 aromatic rings. The Hall–Kier alpha value is -0.990. The summed E-state index contributed by atoms with van der Waals surface area (Å²) >= 11 is 0. The lowest BCUT2D eigenvalue weighted by atomic mass is 10.0. The predicted molar refractivity (Wildman–Crippen MR) is 204 cm³/mol. The van der Waals surface area contributed by atoms with Gasteiger partial charge in [0.05, 0.1) is 27.7 Å². The van der Waals surface area contributed by atoms with Gasteiger partial charge in [-0.1, -0.05) is 168 Å². The van der Waals surface area contributed by atoms with Gasteiger partial charge in [-0.3, -0.25) is 14.2 Å². The van der Waals surface area contributed by atoms with E-state index in [1.165, 1.54) is 128 Å². The van der Waals surface area contributed by atoms with Crippen LogP contribution >= 0.6 is 7.82 Å². The number of quaternary nitrogens is 1. The number of rotatable bonds is 38. The summed E-state index contributed by atoms with van der Waals surface area (Å²) in [7, 11) is 1.18. The van der Waals surface area contributed by atoms with Gasteiger partial charge < -0.3 is 27.9 Å². The van der Waals surface area contributed by atoms with Crippen LogP contribution in [0.5, 0.6) is 0 Å². The second kappa shape index (κ2) is 33.8. The van der Waals surface area contributed by atoms with Gasteiger partial charge in [-0.2, -0.15) is 0 Å². The number of carbonyl (C=O) groups excluding carboxylic acids is 2. The Balaban J connectivity index is 4.33.